The minimum Gasteiger partial charge on any atom is -0.396 e. The molecule has 1 aliphatic carbocycles. The van der Waals surface area contributed by atoms with E-state index in [1.54, 1.807) is 11.7 Å². The average molecular weight is 264 g/mol. The molecule has 0 aliphatic heterocycles. The first-order chi connectivity index (χ1) is 9.12. The fraction of sp³-hybridized carbons (Fsp3) is 0.538. The van der Waals surface area contributed by atoms with Crippen molar-refractivity contribution in [1.82, 2.24) is 15.1 Å². The molecule has 6 nitrogen and oxygen atoms in total. The van der Waals surface area contributed by atoms with Gasteiger partial charge >= 0.3 is 6.03 Å². The van der Waals surface area contributed by atoms with Crippen LogP contribution in [-0.4, -0.2) is 33.6 Å². The number of carbonyl (C=O) groups is 1. The third-order valence-corrected chi connectivity index (χ3v) is 3.26. The Hall–Kier alpha value is -1.82. The third-order valence-electron chi connectivity index (χ3n) is 3.26. The number of rotatable bonds is 4. The minimum absolute atomic E-state index is 0.0176. The molecule has 0 spiro atoms. The maximum Gasteiger partial charge on any atom is 0.320 e. The SMILES string of the molecule is CCc1cc(NC(=O)N[C@@H]2C=C[C@H](CO)C2)n(C)n1. The second-order valence-electron chi connectivity index (χ2n) is 4.77. The van der Waals surface area contributed by atoms with Gasteiger partial charge in [0.05, 0.1) is 5.69 Å². The van der Waals surface area contributed by atoms with Crippen molar-refractivity contribution in [1.29, 1.82) is 0 Å². The van der Waals surface area contributed by atoms with Crippen LogP contribution in [0.3, 0.4) is 0 Å². The number of carbonyl (C=O) groups excluding carboxylic acids is 1. The van der Waals surface area contributed by atoms with Gasteiger partial charge in [-0.1, -0.05) is 19.1 Å². The number of hydrogen-bond donors (Lipinski definition) is 3. The van der Waals surface area contributed by atoms with Gasteiger partial charge in [-0.3, -0.25) is 10.00 Å². The van der Waals surface area contributed by atoms with Gasteiger partial charge in [0.1, 0.15) is 5.82 Å². The predicted octanol–water partition coefficient (Wildman–Crippen LogP) is 1.04. The van der Waals surface area contributed by atoms with Gasteiger partial charge in [0.25, 0.3) is 0 Å². The average Bonchev–Trinajstić information content (AvgIpc) is 2.97. The lowest BCUT2D eigenvalue weighted by Gasteiger charge is -2.13. The molecule has 104 valence electrons. The zero-order valence-corrected chi connectivity index (χ0v) is 11.3. The van der Waals surface area contributed by atoms with Gasteiger partial charge in [0.15, 0.2) is 0 Å². The van der Waals surface area contributed by atoms with Gasteiger partial charge in [-0.05, 0) is 12.8 Å². The van der Waals surface area contributed by atoms with E-state index in [2.05, 4.69) is 15.7 Å². The molecule has 2 rings (SSSR count). The van der Waals surface area contributed by atoms with Crippen LogP contribution < -0.4 is 10.6 Å². The molecule has 0 radical (unpaired) electrons. The smallest absolute Gasteiger partial charge is 0.320 e. The standard InChI is InChI=1S/C13H20N4O2/c1-3-10-7-12(17(2)16-10)15-13(19)14-11-5-4-9(6-11)8-18/h4-5,7,9,11,18H,3,6,8H2,1-2H3,(H2,14,15,19)/t9-,11+/m0/s1. The van der Waals surface area contributed by atoms with Crippen molar-refractivity contribution < 1.29 is 9.90 Å². The Kier molecular flexibility index (Phi) is 4.21. The molecule has 1 aromatic heterocycles. The number of nitrogens with zero attached hydrogens (tertiary/aromatic N) is 2. The molecular weight excluding hydrogens is 244 g/mol. The van der Waals surface area contributed by atoms with Crippen molar-refractivity contribution in [2.45, 2.75) is 25.8 Å². The van der Waals surface area contributed by atoms with E-state index in [1.165, 1.54) is 0 Å². The highest BCUT2D eigenvalue weighted by Crippen LogP contribution is 2.17. The fourth-order valence-electron chi connectivity index (χ4n) is 2.15. The zero-order valence-electron chi connectivity index (χ0n) is 11.3. The molecule has 2 amide bonds. The summed E-state index contributed by atoms with van der Waals surface area (Å²) in [6.07, 6.45) is 5.43. The van der Waals surface area contributed by atoms with Crippen LogP contribution in [0.4, 0.5) is 10.6 Å². The van der Waals surface area contributed by atoms with E-state index in [0.29, 0.717) is 5.82 Å². The van der Waals surface area contributed by atoms with Gasteiger partial charge in [-0.25, -0.2) is 4.79 Å². The molecule has 0 unspecified atom stereocenters. The third kappa shape index (κ3) is 3.35. The minimum atomic E-state index is -0.251. The summed E-state index contributed by atoms with van der Waals surface area (Å²) in [4.78, 5) is 11.9. The van der Waals surface area contributed by atoms with E-state index < -0.39 is 0 Å². The largest absolute Gasteiger partial charge is 0.396 e. The van der Waals surface area contributed by atoms with E-state index in [4.69, 9.17) is 5.11 Å². The Morgan fingerprint density at radius 3 is 2.95 bits per heavy atom. The van der Waals surface area contributed by atoms with E-state index in [9.17, 15) is 4.79 Å². The predicted molar refractivity (Wildman–Crippen MR) is 72.9 cm³/mol. The van der Waals surface area contributed by atoms with Crippen molar-refractivity contribution >= 4 is 11.8 Å². The molecule has 1 aliphatic rings. The summed E-state index contributed by atoms with van der Waals surface area (Å²) < 4.78 is 1.65. The lowest BCUT2D eigenvalue weighted by molar-refractivity contribution is 0.238. The molecule has 6 heteroatoms. The number of urea groups is 1. The summed E-state index contributed by atoms with van der Waals surface area (Å²) in [6, 6.07) is 1.59. The summed E-state index contributed by atoms with van der Waals surface area (Å²) in [5, 5.41) is 18.9. The number of anilines is 1. The number of nitrogens with one attached hydrogen (secondary N) is 2. The number of aliphatic hydroxyl groups excluding tert-OH is 1. The monoisotopic (exact) mass is 264 g/mol. The molecule has 2 atom stereocenters. The molecule has 1 aromatic rings. The molecule has 3 N–H and O–H groups in total. The summed E-state index contributed by atoms with van der Waals surface area (Å²) in [5.74, 6) is 0.823. The summed E-state index contributed by atoms with van der Waals surface area (Å²) in [6.45, 7) is 2.14. The van der Waals surface area contributed by atoms with Crippen molar-refractivity contribution in [3.8, 4) is 0 Å². The van der Waals surface area contributed by atoms with E-state index in [1.807, 2.05) is 25.1 Å². The Balaban J connectivity index is 1.87. The van der Waals surface area contributed by atoms with Crippen LogP contribution in [0, 0.1) is 5.92 Å². The highest BCUT2D eigenvalue weighted by atomic mass is 16.3. The molecule has 19 heavy (non-hydrogen) atoms. The van der Waals surface area contributed by atoms with Crippen LogP contribution in [0.1, 0.15) is 19.0 Å². The van der Waals surface area contributed by atoms with Gasteiger partial charge < -0.3 is 10.4 Å². The molecule has 0 fully saturated rings. The molecule has 1 heterocycles. The normalized spacial score (nSPS) is 21.6. The first-order valence-corrected chi connectivity index (χ1v) is 6.52. The lowest BCUT2D eigenvalue weighted by atomic mass is 10.1. The fourth-order valence-corrected chi connectivity index (χ4v) is 2.15. The van der Waals surface area contributed by atoms with Gasteiger partial charge in [-0.15, -0.1) is 0 Å². The zero-order chi connectivity index (χ0) is 13.8. The van der Waals surface area contributed by atoms with E-state index in [-0.39, 0.29) is 24.6 Å². The van der Waals surface area contributed by atoms with Crippen LogP contribution in [0.25, 0.3) is 0 Å². The molecular formula is C13H20N4O2. The Labute approximate surface area is 112 Å². The first-order valence-electron chi connectivity index (χ1n) is 6.52. The van der Waals surface area contributed by atoms with Gasteiger partial charge in [0, 0.05) is 31.7 Å². The number of amides is 2. The molecule has 0 bridgehead atoms. The van der Waals surface area contributed by atoms with Gasteiger partial charge in [-0.2, -0.15) is 5.10 Å². The van der Waals surface area contributed by atoms with Crippen LogP contribution in [0.2, 0.25) is 0 Å². The topological polar surface area (TPSA) is 79.2 Å². The maximum absolute atomic E-state index is 11.9. The van der Waals surface area contributed by atoms with Crippen molar-refractivity contribution in [2.75, 3.05) is 11.9 Å². The van der Waals surface area contributed by atoms with Crippen LogP contribution in [0.5, 0.6) is 0 Å². The molecule has 0 aromatic carbocycles. The quantitative estimate of drug-likeness (QED) is 0.711. The molecule has 0 saturated heterocycles. The number of hydrogen-bond acceptors (Lipinski definition) is 3. The second kappa shape index (κ2) is 5.88. The first kappa shape index (κ1) is 13.6. The Morgan fingerprint density at radius 1 is 1.58 bits per heavy atom. The van der Waals surface area contributed by atoms with Gasteiger partial charge in [0.2, 0.25) is 0 Å². The number of aliphatic hydroxyl groups is 1. The maximum atomic E-state index is 11.9. The van der Waals surface area contributed by atoms with Crippen LogP contribution >= 0.6 is 0 Å². The Morgan fingerprint density at radius 2 is 2.37 bits per heavy atom. The number of aryl methyl sites for hydroxylation is 2. The van der Waals surface area contributed by atoms with Crippen molar-refractivity contribution in [2.24, 2.45) is 13.0 Å². The van der Waals surface area contributed by atoms with Crippen LogP contribution in [-0.2, 0) is 13.5 Å². The van der Waals surface area contributed by atoms with E-state index in [0.717, 1.165) is 18.5 Å². The highest BCUT2D eigenvalue weighted by molar-refractivity contribution is 5.88. The molecule has 0 saturated carbocycles. The van der Waals surface area contributed by atoms with Crippen LogP contribution in [0.15, 0.2) is 18.2 Å². The van der Waals surface area contributed by atoms with Crippen molar-refractivity contribution in [3.05, 3.63) is 23.9 Å². The lowest BCUT2D eigenvalue weighted by Crippen LogP contribution is -2.36. The Bertz CT molecular complexity index is 481. The summed E-state index contributed by atoms with van der Waals surface area (Å²) >= 11 is 0. The van der Waals surface area contributed by atoms with Crippen molar-refractivity contribution in [3.63, 3.8) is 0 Å². The summed E-state index contributed by atoms with van der Waals surface area (Å²) in [5.41, 5.74) is 0.943. The number of aromatic nitrogens is 2. The summed E-state index contributed by atoms with van der Waals surface area (Å²) in [7, 11) is 1.80. The highest BCUT2D eigenvalue weighted by Gasteiger charge is 2.20. The van der Waals surface area contributed by atoms with E-state index >= 15 is 0 Å². The second-order valence-corrected chi connectivity index (χ2v) is 4.77.